The fourth-order valence-corrected chi connectivity index (χ4v) is 4.78. The maximum atomic E-state index is 12.5. The summed E-state index contributed by atoms with van der Waals surface area (Å²) in [5.41, 5.74) is 0.439. The Morgan fingerprint density at radius 3 is 2.70 bits per heavy atom. The number of anilines is 2. The van der Waals surface area contributed by atoms with Crippen LogP contribution >= 0.6 is 11.6 Å². The van der Waals surface area contributed by atoms with Crippen molar-refractivity contribution in [2.75, 3.05) is 23.3 Å². The monoisotopic (exact) mass is 462 g/mol. The summed E-state index contributed by atoms with van der Waals surface area (Å²) in [4.78, 5) is 30.9. The second-order valence-electron chi connectivity index (χ2n) is 8.39. The lowest BCUT2D eigenvalue weighted by Crippen LogP contribution is -2.47. The SMILES string of the molecule is O=NC1(C2C=CC=CC2)CCN(c2ccc3nc(NC(=O)c4ccccc4Cl)cn3n2)CC1. The lowest BCUT2D eigenvalue weighted by molar-refractivity contribution is 0.102. The van der Waals surface area contributed by atoms with Crippen LogP contribution in [0.2, 0.25) is 5.02 Å². The van der Waals surface area contributed by atoms with E-state index in [0.29, 0.717) is 48.0 Å². The standard InChI is InChI=1S/C24H23ClN6O2/c25-19-9-5-4-8-18(19)23(32)27-20-16-31-21(26-20)10-11-22(28-31)30-14-12-24(29-33,13-15-30)17-6-2-1-3-7-17/h1-6,8-11,16-17H,7,12-15H2,(H,27,32). The zero-order valence-corrected chi connectivity index (χ0v) is 18.7. The number of nitrogens with one attached hydrogen (secondary N) is 1. The van der Waals surface area contributed by atoms with Gasteiger partial charge < -0.3 is 10.2 Å². The molecule has 168 valence electrons. The Balaban J connectivity index is 1.30. The molecule has 5 rings (SSSR count). The van der Waals surface area contributed by atoms with Gasteiger partial charge in [0.25, 0.3) is 5.91 Å². The highest BCUT2D eigenvalue weighted by atomic mass is 35.5. The maximum absolute atomic E-state index is 12.5. The van der Waals surface area contributed by atoms with Gasteiger partial charge in [0.2, 0.25) is 0 Å². The summed E-state index contributed by atoms with van der Waals surface area (Å²) in [6, 6.07) is 10.6. The van der Waals surface area contributed by atoms with Crippen LogP contribution in [0.3, 0.4) is 0 Å². The number of nitroso groups, excluding NO2 is 1. The molecule has 3 heterocycles. The van der Waals surface area contributed by atoms with Crippen molar-refractivity contribution in [3.8, 4) is 0 Å². The third-order valence-corrected chi connectivity index (χ3v) is 6.80. The van der Waals surface area contributed by atoms with Crippen LogP contribution in [-0.2, 0) is 0 Å². The molecule has 1 aromatic carbocycles. The molecule has 1 atom stereocenters. The molecule has 8 nitrogen and oxygen atoms in total. The molecule has 1 amide bonds. The molecule has 0 spiro atoms. The number of hydrogen-bond acceptors (Lipinski definition) is 6. The van der Waals surface area contributed by atoms with Crippen LogP contribution in [0.25, 0.3) is 5.65 Å². The number of amides is 1. The van der Waals surface area contributed by atoms with E-state index in [1.807, 2.05) is 24.3 Å². The Morgan fingerprint density at radius 1 is 1.15 bits per heavy atom. The van der Waals surface area contributed by atoms with E-state index in [0.717, 1.165) is 12.2 Å². The van der Waals surface area contributed by atoms with Crippen LogP contribution in [0.5, 0.6) is 0 Å². The minimum atomic E-state index is -0.562. The van der Waals surface area contributed by atoms with Crippen molar-refractivity contribution in [3.63, 3.8) is 0 Å². The predicted octanol–water partition coefficient (Wildman–Crippen LogP) is 4.87. The number of imidazole rings is 1. The number of carbonyl (C=O) groups excluding carboxylic acids is 1. The molecule has 1 fully saturated rings. The maximum Gasteiger partial charge on any atom is 0.258 e. The molecule has 1 saturated heterocycles. The molecule has 9 heteroatoms. The topological polar surface area (TPSA) is 92.0 Å². The summed E-state index contributed by atoms with van der Waals surface area (Å²) in [5, 5.41) is 11.4. The van der Waals surface area contributed by atoms with Crippen LogP contribution in [0.4, 0.5) is 11.6 Å². The molecule has 2 aliphatic rings. The minimum absolute atomic E-state index is 0.149. The van der Waals surface area contributed by atoms with Gasteiger partial charge in [0.15, 0.2) is 11.5 Å². The summed E-state index contributed by atoms with van der Waals surface area (Å²) >= 11 is 6.11. The van der Waals surface area contributed by atoms with E-state index in [1.54, 1.807) is 35.0 Å². The van der Waals surface area contributed by atoms with Crippen molar-refractivity contribution in [1.82, 2.24) is 14.6 Å². The molecule has 0 saturated carbocycles. The molecule has 2 aromatic heterocycles. The number of aromatic nitrogens is 3. The molecule has 1 N–H and O–H groups in total. The van der Waals surface area contributed by atoms with Gasteiger partial charge in [-0.05, 0) is 43.5 Å². The average Bonchev–Trinajstić information content (AvgIpc) is 3.26. The number of halogens is 1. The van der Waals surface area contributed by atoms with Crippen LogP contribution in [0.1, 0.15) is 29.6 Å². The number of nitrogens with zero attached hydrogens (tertiary/aromatic N) is 5. The first-order chi connectivity index (χ1) is 16.1. The van der Waals surface area contributed by atoms with Gasteiger partial charge in [-0.15, -0.1) is 5.10 Å². The second kappa shape index (κ2) is 8.78. The zero-order valence-electron chi connectivity index (χ0n) is 17.9. The van der Waals surface area contributed by atoms with Gasteiger partial charge in [-0.3, -0.25) is 4.79 Å². The Bertz CT molecular complexity index is 1260. The van der Waals surface area contributed by atoms with E-state index in [9.17, 15) is 9.70 Å². The van der Waals surface area contributed by atoms with Crippen LogP contribution in [0.15, 0.2) is 72.1 Å². The Morgan fingerprint density at radius 2 is 1.97 bits per heavy atom. The third kappa shape index (κ3) is 4.14. The molecule has 1 aliphatic carbocycles. The van der Waals surface area contributed by atoms with Crippen LogP contribution in [0, 0.1) is 10.8 Å². The van der Waals surface area contributed by atoms with Gasteiger partial charge in [0.1, 0.15) is 11.4 Å². The number of allylic oxidation sites excluding steroid dienone is 3. The first-order valence-corrected chi connectivity index (χ1v) is 11.3. The smallest absolute Gasteiger partial charge is 0.258 e. The van der Waals surface area contributed by atoms with E-state index < -0.39 is 5.54 Å². The van der Waals surface area contributed by atoms with Crippen molar-refractivity contribution in [1.29, 1.82) is 0 Å². The first kappa shape index (κ1) is 21.3. The highest BCUT2D eigenvalue weighted by Gasteiger charge is 2.42. The molecule has 1 aliphatic heterocycles. The van der Waals surface area contributed by atoms with Crippen molar-refractivity contribution in [2.45, 2.75) is 24.8 Å². The number of benzene rings is 1. The van der Waals surface area contributed by atoms with Crippen molar-refractivity contribution >= 4 is 34.8 Å². The molecule has 1 unspecified atom stereocenters. The van der Waals surface area contributed by atoms with Crippen LogP contribution < -0.4 is 10.2 Å². The van der Waals surface area contributed by atoms with Crippen molar-refractivity contribution < 1.29 is 4.79 Å². The van der Waals surface area contributed by atoms with E-state index in [1.165, 1.54) is 0 Å². The number of carbonyl (C=O) groups is 1. The largest absolute Gasteiger partial charge is 0.355 e. The molecule has 33 heavy (non-hydrogen) atoms. The summed E-state index contributed by atoms with van der Waals surface area (Å²) < 4.78 is 1.64. The van der Waals surface area contributed by atoms with Crippen molar-refractivity contribution in [3.05, 3.63) is 82.4 Å². The van der Waals surface area contributed by atoms with E-state index in [-0.39, 0.29) is 11.8 Å². The van der Waals surface area contributed by atoms with Crippen molar-refractivity contribution in [2.24, 2.45) is 11.1 Å². The molecular weight excluding hydrogens is 440 g/mol. The second-order valence-corrected chi connectivity index (χ2v) is 8.80. The first-order valence-electron chi connectivity index (χ1n) is 10.9. The van der Waals surface area contributed by atoms with Gasteiger partial charge in [-0.25, -0.2) is 9.50 Å². The van der Waals surface area contributed by atoms with Crippen LogP contribution in [-0.4, -0.2) is 39.1 Å². The summed E-state index contributed by atoms with van der Waals surface area (Å²) in [6.45, 7) is 1.40. The summed E-state index contributed by atoms with van der Waals surface area (Å²) in [7, 11) is 0. The summed E-state index contributed by atoms with van der Waals surface area (Å²) in [5.74, 6) is 1.01. The average molecular weight is 463 g/mol. The van der Waals surface area contributed by atoms with E-state index in [4.69, 9.17) is 11.6 Å². The quantitative estimate of drug-likeness (QED) is 0.546. The summed E-state index contributed by atoms with van der Waals surface area (Å²) in [6.07, 6.45) is 12.1. The van der Waals surface area contributed by atoms with Gasteiger partial charge in [-0.2, -0.15) is 4.91 Å². The lowest BCUT2D eigenvalue weighted by Gasteiger charge is -2.41. The highest BCUT2D eigenvalue weighted by Crippen LogP contribution is 2.38. The van der Waals surface area contributed by atoms with E-state index in [2.05, 4.69) is 37.6 Å². The normalized spacial score (nSPS) is 19.5. The van der Waals surface area contributed by atoms with Gasteiger partial charge >= 0.3 is 0 Å². The minimum Gasteiger partial charge on any atom is -0.355 e. The Hall–Kier alpha value is -3.52. The zero-order chi connectivity index (χ0) is 22.8. The number of rotatable bonds is 5. The Labute approximate surface area is 195 Å². The third-order valence-electron chi connectivity index (χ3n) is 6.47. The molecule has 0 radical (unpaired) electrons. The molecule has 3 aromatic rings. The molecular formula is C24H23ClN6O2. The predicted molar refractivity (Wildman–Crippen MR) is 129 cm³/mol. The van der Waals surface area contributed by atoms with Gasteiger partial charge in [0, 0.05) is 19.0 Å². The molecule has 0 bridgehead atoms. The lowest BCUT2D eigenvalue weighted by atomic mass is 9.74. The van der Waals surface area contributed by atoms with E-state index >= 15 is 0 Å². The fraction of sp³-hybridized carbons (Fsp3) is 0.292. The fourth-order valence-electron chi connectivity index (χ4n) is 4.56. The Kier molecular flexibility index (Phi) is 5.68. The number of piperidine rings is 1. The number of hydrogen-bond donors (Lipinski definition) is 1. The highest BCUT2D eigenvalue weighted by molar-refractivity contribution is 6.34. The number of fused-ring (bicyclic) bond motifs is 1. The van der Waals surface area contributed by atoms with Gasteiger partial charge in [-0.1, -0.05) is 53.2 Å². The van der Waals surface area contributed by atoms with Gasteiger partial charge in [0.05, 0.1) is 16.8 Å².